The van der Waals surface area contributed by atoms with Gasteiger partial charge in [-0.15, -0.1) is 0 Å². The lowest BCUT2D eigenvalue weighted by molar-refractivity contribution is 0.0524. The van der Waals surface area contributed by atoms with Crippen LogP contribution < -0.4 is 10.4 Å². The Morgan fingerprint density at radius 3 is 2.82 bits per heavy atom. The normalized spacial score (nSPS) is 13.0. The molecule has 1 aliphatic rings. The predicted molar refractivity (Wildman–Crippen MR) is 73.1 cm³/mol. The van der Waals surface area contributed by atoms with E-state index in [9.17, 15) is 23.5 Å². The van der Waals surface area contributed by atoms with Crippen molar-refractivity contribution in [2.45, 2.75) is 13.5 Å². The second-order valence-corrected chi connectivity index (χ2v) is 4.79. The van der Waals surface area contributed by atoms with Gasteiger partial charge in [0.1, 0.15) is 12.3 Å². The predicted octanol–water partition coefficient (Wildman–Crippen LogP) is 0.858. The van der Waals surface area contributed by atoms with Crippen molar-refractivity contribution >= 4 is 16.9 Å². The average molecular weight is 310 g/mol. The molecule has 0 unspecified atom stereocenters. The summed E-state index contributed by atoms with van der Waals surface area (Å²) in [5, 5.41) is 10.5. The monoisotopic (exact) mass is 310 g/mol. The number of nitrogens with zero attached hydrogens (tertiary/aromatic N) is 2. The molecule has 0 radical (unpaired) electrons. The molecular formula is C14H12F2N2O4. The third-order valence-electron chi connectivity index (χ3n) is 3.56. The molecule has 3 rings (SSSR count). The minimum absolute atomic E-state index is 0.0310. The Labute approximate surface area is 123 Å². The molecule has 1 aromatic heterocycles. The van der Waals surface area contributed by atoms with E-state index in [0.29, 0.717) is 0 Å². The SMILES string of the molecule is CCOC(=O)c1cn2c3c(c(F)c(F)cc3c1=O)CN2CO. The van der Waals surface area contributed by atoms with E-state index in [1.165, 1.54) is 15.9 Å². The molecular weight excluding hydrogens is 298 g/mol. The lowest BCUT2D eigenvalue weighted by Gasteiger charge is -2.19. The van der Waals surface area contributed by atoms with Crippen LogP contribution in [0.4, 0.5) is 8.78 Å². The Kier molecular flexibility index (Phi) is 3.32. The Hall–Kier alpha value is -2.48. The summed E-state index contributed by atoms with van der Waals surface area (Å²) in [6.45, 7) is 1.06. The summed E-state index contributed by atoms with van der Waals surface area (Å²) in [6.07, 6.45) is 1.17. The zero-order chi connectivity index (χ0) is 16.0. The molecule has 2 heterocycles. The summed E-state index contributed by atoms with van der Waals surface area (Å²) in [5.41, 5.74) is -0.918. The summed E-state index contributed by atoms with van der Waals surface area (Å²) in [7, 11) is 0. The van der Waals surface area contributed by atoms with Crippen molar-refractivity contribution in [2.75, 3.05) is 18.3 Å². The second kappa shape index (κ2) is 5.06. The molecule has 2 aromatic rings. The molecule has 0 bridgehead atoms. The van der Waals surface area contributed by atoms with E-state index in [2.05, 4.69) is 0 Å². The van der Waals surface area contributed by atoms with Crippen molar-refractivity contribution in [2.24, 2.45) is 0 Å². The number of aliphatic hydroxyl groups excluding tert-OH is 1. The van der Waals surface area contributed by atoms with Crippen LogP contribution in [-0.4, -0.2) is 29.1 Å². The molecule has 6 nitrogen and oxygen atoms in total. The fraction of sp³-hybridized carbons (Fsp3) is 0.286. The maximum atomic E-state index is 13.9. The van der Waals surface area contributed by atoms with Crippen LogP contribution in [0.15, 0.2) is 17.1 Å². The van der Waals surface area contributed by atoms with Gasteiger partial charge in [-0.05, 0) is 13.0 Å². The van der Waals surface area contributed by atoms with Crippen LogP contribution in [-0.2, 0) is 11.3 Å². The number of halogens is 2. The molecule has 0 atom stereocenters. The fourth-order valence-electron chi connectivity index (χ4n) is 2.59. The van der Waals surface area contributed by atoms with Crippen LogP contribution in [0, 0.1) is 11.6 Å². The molecule has 22 heavy (non-hydrogen) atoms. The lowest BCUT2D eigenvalue weighted by Crippen LogP contribution is -2.32. The Morgan fingerprint density at radius 1 is 1.45 bits per heavy atom. The number of benzene rings is 1. The second-order valence-electron chi connectivity index (χ2n) is 4.79. The number of rotatable bonds is 3. The van der Waals surface area contributed by atoms with Crippen LogP contribution in [0.2, 0.25) is 0 Å². The van der Waals surface area contributed by atoms with E-state index in [1.807, 2.05) is 0 Å². The van der Waals surface area contributed by atoms with E-state index >= 15 is 0 Å². The van der Waals surface area contributed by atoms with Gasteiger partial charge in [0.2, 0.25) is 5.43 Å². The minimum Gasteiger partial charge on any atom is -0.462 e. The lowest BCUT2D eigenvalue weighted by atomic mass is 10.1. The first-order valence-corrected chi connectivity index (χ1v) is 6.59. The molecule has 1 N–H and O–H groups in total. The number of esters is 1. The highest BCUT2D eigenvalue weighted by Gasteiger charge is 2.29. The first kappa shape index (κ1) is 14.5. The molecule has 1 aliphatic heterocycles. The molecule has 0 amide bonds. The fourth-order valence-corrected chi connectivity index (χ4v) is 2.59. The molecule has 0 saturated heterocycles. The topological polar surface area (TPSA) is 71.8 Å². The van der Waals surface area contributed by atoms with Crippen molar-refractivity contribution < 1.29 is 23.4 Å². The van der Waals surface area contributed by atoms with E-state index < -0.39 is 29.8 Å². The number of carbonyl (C=O) groups is 1. The summed E-state index contributed by atoms with van der Waals surface area (Å²) >= 11 is 0. The van der Waals surface area contributed by atoms with Gasteiger partial charge in [-0.2, -0.15) is 0 Å². The number of aromatic nitrogens is 1. The van der Waals surface area contributed by atoms with Crippen molar-refractivity contribution in [3.8, 4) is 0 Å². The van der Waals surface area contributed by atoms with Crippen LogP contribution in [0.3, 0.4) is 0 Å². The van der Waals surface area contributed by atoms with Gasteiger partial charge in [0, 0.05) is 11.8 Å². The van der Waals surface area contributed by atoms with E-state index in [0.717, 1.165) is 6.07 Å². The van der Waals surface area contributed by atoms with Gasteiger partial charge in [-0.25, -0.2) is 13.6 Å². The van der Waals surface area contributed by atoms with Gasteiger partial charge in [0.05, 0.1) is 24.1 Å². The van der Waals surface area contributed by atoms with Gasteiger partial charge in [-0.3, -0.25) is 14.5 Å². The largest absolute Gasteiger partial charge is 0.462 e. The summed E-state index contributed by atoms with van der Waals surface area (Å²) < 4.78 is 33.7. The average Bonchev–Trinajstić information content (AvgIpc) is 2.87. The third kappa shape index (κ3) is 1.87. The smallest absolute Gasteiger partial charge is 0.343 e. The third-order valence-corrected chi connectivity index (χ3v) is 3.56. The van der Waals surface area contributed by atoms with E-state index in [1.54, 1.807) is 6.92 Å². The number of carbonyl (C=O) groups excluding carboxylic acids is 1. The highest BCUT2D eigenvalue weighted by Crippen LogP contribution is 2.29. The summed E-state index contributed by atoms with van der Waals surface area (Å²) in [4.78, 5) is 24.2. The summed E-state index contributed by atoms with van der Waals surface area (Å²) in [5.74, 6) is -3.10. The first-order chi connectivity index (χ1) is 10.5. The zero-order valence-electron chi connectivity index (χ0n) is 11.6. The minimum atomic E-state index is -1.17. The van der Waals surface area contributed by atoms with E-state index in [-0.39, 0.29) is 35.2 Å². The van der Waals surface area contributed by atoms with E-state index in [4.69, 9.17) is 4.74 Å². The van der Waals surface area contributed by atoms with Gasteiger partial charge >= 0.3 is 5.97 Å². The number of pyridine rings is 1. The molecule has 8 heteroatoms. The Morgan fingerprint density at radius 2 is 2.18 bits per heavy atom. The van der Waals surface area contributed by atoms with Crippen molar-refractivity contribution in [3.05, 3.63) is 45.2 Å². The highest BCUT2D eigenvalue weighted by molar-refractivity contribution is 5.95. The zero-order valence-corrected chi connectivity index (χ0v) is 11.6. The van der Waals surface area contributed by atoms with Gasteiger partial charge in [0.15, 0.2) is 11.6 Å². The highest BCUT2D eigenvalue weighted by atomic mass is 19.2. The first-order valence-electron chi connectivity index (χ1n) is 6.59. The molecule has 0 saturated carbocycles. The maximum Gasteiger partial charge on any atom is 0.343 e. The van der Waals surface area contributed by atoms with Crippen LogP contribution >= 0.6 is 0 Å². The van der Waals surface area contributed by atoms with Crippen LogP contribution in [0.25, 0.3) is 10.9 Å². The number of ether oxygens (including phenoxy) is 1. The van der Waals surface area contributed by atoms with Crippen molar-refractivity contribution in [3.63, 3.8) is 0 Å². The van der Waals surface area contributed by atoms with Crippen LogP contribution in [0.5, 0.6) is 0 Å². The van der Waals surface area contributed by atoms with Gasteiger partial charge in [0.25, 0.3) is 0 Å². The van der Waals surface area contributed by atoms with Crippen molar-refractivity contribution in [1.82, 2.24) is 4.68 Å². The Balaban J connectivity index is 2.38. The summed E-state index contributed by atoms with van der Waals surface area (Å²) in [6, 6.07) is 0.761. The maximum absolute atomic E-state index is 13.9. The van der Waals surface area contributed by atoms with Crippen molar-refractivity contribution in [1.29, 1.82) is 0 Å². The molecule has 116 valence electrons. The number of hydrogen-bond acceptors (Lipinski definition) is 5. The quantitative estimate of drug-likeness (QED) is 0.851. The Bertz CT molecular complexity index is 847. The standard InChI is InChI=1S/C14H12F2N2O4/c1-2-22-14(21)9-5-18-12-7(13(9)20)3-10(15)11(16)8(12)4-17(18)6-19/h3,5,19H,2,4,6H2,1H3. The number of hydrogen-bond donors (Lipinski definition) is 1. The van der Waals surface area contributed by atoms with Gasteiger partial charge < -0.3 is 9.84 Å². The molecule has 0 fully saturated rings. The molecule has 0 aliphatic carbocycles. The molecule has 0 spiro atoms. The number of aliphatic hydroxyl groups is 1. The van der Waals surface area contributed by atoms with Gasteiger partial charge in [-0.1, -0.05) is 0 Å². The molecule has 1 aromatic carbocycles. The van der Waals surface area contributed by atoms with Crippen LogP contribution in [0.1, 0.15) is 22.8 Å².